The van der Waals surface area contributed by atoms with Gasteiger partial charge >= 0.3 is 5.97 Å². The topological polar surface area (TPSA) is 46.6 Å². The van der Waals surface area contributed by atoms with E-state index in [-0.39, 0.29) is 18.3 Å². The minimum Gasteiger partial charge on any atom is -0.460 e. The zero-order valence-corrected chi connectivity index (χ0v) is 8.78. The Morgan fingerprint density at radius 2 is 2.21 bits per heavy atom. The van der Waals surface area contributed by atoms with Crippen molar-refractivity contribution in [1.82, 2.24) is 4.90 Å². The number of nitrogens with zero attached hydrogens (tertiary/aromatic N) is 1. The summed E-state index contributed by atoms with van der Waals surface area (Å²) in [5.41, 5.74) is 0. The van der Waals surface area contributed by atoms with Crippen LogP contribution in [-0.2, 0) is 14.3 Å². The number of rotatable bonds is 3. The van der Waals surface area contributed by atoms with Crippen molar-refractivity contribution in [3.8, 4) is 0 Å². The van der Waals surface area contributed by atoms with E-state index in [2.05, 4.69) is 9.64 Å². The Hall–Kier alpha value is -0.900. The highest BCUT2D eigenvalue weighted by Gasteiger charge is 2.29. The van der Waals surface area contributed by atoms with Crippen LogP contribution < -0.4 is 0 Å². The van der Waals surface area contributed by atoms with Crippen molar-refractivity contribution in [3.63, 3.8) is 0 Å². The fourth-order valence-electron chi connectivity index (χ4n) is 1.75. The minimum absolute atomic E-state index is 0.159. The molecule has 1 aliphatic rings. The van der Waals surface area contributed by atoms with Gasteiger partial charge in [-0.1, -0.05) is 0 Å². The Morgan fingerprint density at radius 1 is 1.50 bits per heavy atom. The summed E-state index contributed by atoms with van der Waals surface area (Å²) in [6, 6.07) is 0. The van der Waals surface area contributed by atoms with Crippen molar-refractivity contribution in [1.29, 1.82) is 0 Å². The third kappa shape index (κ3) is 2.80. The predicted molar refractivity (Wildman–Crippen MR) is 51.9 cm³/mol. The van der Waals surface area contributed by atoms with Crippen LogP contribution in [-0.4, -0.2) is 43.4 Å². The highest BCUT2D eigenvalue weighted by Crippen LogP contribution is 2.16. The van der Waals surface area contributed by atoms with Gasteiger partial charge in [-0.2, -0.15) is 0 Å². The summed E-state index contributed by atoms with van der Waals surface area (Å²) in [5.74, 6) is -1.20. The van der Waals surface area contributed by atoms with Gasteiger partial charge in [0, 0.05) is 12.5 Å². The number of esters is 1. The average Bonchev–Trinajstić information content (AvgIpc) is 2.17. The van der Waals surface area contributed by atoms with Crippen molar-refractivity contribution < 1.29 is 14.3 Å². The normalized spacial score (nSPS) is 23.1. The maximum absolute atomic E-state index is 11.5. The van der Waals surface area contributed by atoms with Crippen LogP contribution in [0.1, 0.15) is 19.8 Å². The highest BCUT2D eigenvalue weighted by atomic mass is 16.5. The summed E-state index contributed by atoms with van der Waals surface area (Å²) in [6.07, 6.45) is 1.79. The van der Waals surface area contributed by atoms with Crippen molar-refractivity contribution in [3.05, 3.63) is 0 Å². The monoisotopic (exact) mass is 199 g/mol. The molecule has 0 aromatic rings. The van der Waals surface area contributed by atoms with Crippen LogP contribution >= 0.6 is 0 Å². The van der Waals surface area contributed by atoms with E-state index in [1.165, 1.54) is 0 Å². The number of Topliss-reactive ketones (excluding diaryl/α,β-unsaturated/α-hetero) is 1. The molecule has 1 unspecified atom stereocenters. The predicted octanol–water partition coefficient (Wildman–Crippen LogP) is 0.460. The van der Waals surface area contributed by atoms with Gasteiger partial charge in [0.15, 0.2) is 0 Å². The fourth-order valence-corrected chi connectivity index (χ4v) is 1.75. The highest BCUT2D eigenvalue weighted by molar-refractivity contribution is 6.34. The second-order valence-corrected chi connectivity index (χ2v) is 3.69. The molecule has 1 fully saturated rings. The molecule has 14 heavy (non-hydrogen) atoms. The van der Waals surface area contributed by atoms with Crippen molar-refractivity contribution in [2.24, 2.45) is 5.92 Å². The largest absolute Gasteiger partial charge is 0.460 e. The maximum Gasteiger partial charge on any atom is 0.374 e. The zero-order chi connectivity index (χ0) is 10.6. The first-order valence-corrected chi connectivity index (χ1v) is 5.04. The second-order valence-electron chi connectivity index (χ2n) is 3.69. The van der Waals surface area contributed by atoms with Crippen LogP contribution in [0.2, 0.25) is 0 Å². The van der Waals surface area contributed by atoms with E-state index < -0.39 is 5.97 Å². The lowest BCUT2D eigenvalue weighted by molar-refractivity contribution is -0.156. The number of ketones is 1. The van der Waals surface area contributed by atoms with Crippen molar-refractivity contribution in [2.45, 2.75) is 19.8 Å². The standard InChI is InChI=1S/C10H17NO3/c1-3-14-10(13)9(12)8-5-4-6-11(2)7-8/h8H,3-7H2,1-2H3. The number of hydrogen-bond donors (Lipinski definition) is 0. The molecule has 1 rings (SSSR count). The lowest BCUT2D eigenvalue weighted by Gasteiger charge is -2.27. The van der Waals surface area contributed by atoms with Crippen LogP contribution in [0, 0.1) is 5.92 Å². The van der Waals surface area contributed by atoms with E-state index in [0.717, 1.165) is 19.4 Å². The van der Waals surface area contributed by atoms with Crippen molar-refractivity contribution >= 4 is 11.8 Å². The molecule has 1 aliphatic heterocycles. The molecule has 0 saturated carbocycles. The summed E-state index contributed by atoms with van der Waals surface area (Å²) < 4.78 is 4.69. The van der Waals surface area contributed by atoms with Gasteiger partial charge in [-0.05, 0) is 33.4 Å². The van der Waals surface area contributed by atoms with E-state index in [4.69, 9.17) is 0 Å². The van der Waals surface area contributed by atoms with Gasteiger partial charge in [0.1, 0.15) is 0 Å². The number of piperidine rings is 1. The molecule has 0 radical (unpaired) electrons. The fraction of sp³-hybridized carbons (Fsp3) is 0.800. The number of carbonyl (C=O) groups is 2. The summed E-state index contributed by atoms with van der Waals surface area (Å²) in [6.45, 7) is 3.66. The number of carbonyl (C=O) groups excluding carboxylic acids is 2. The molecule has 1 atom stereocenters. The molecule has 4 nitrogen and oxygen atoms in total. The van der Waals surface area contributed by atoms with Crippen molar-refractivity contribution in [2.75, 3.05) is 26.7 Å². The Bertz CT molecular complexity index is 227. The summed E-state index contributed by atoms with van der Waals surface area (Å²) in [5, 5.41) is 0. The smallest absolute Gasteiger partial charge is 0.374 e. The molecule has 4 heteroatoms. The molecule has 0 amide bonds. The quantitative estimate of drug-likeness (QED) is 0.489. The van der Waals surface area contributed by atoms with Crippen LogP contribution in [0.4, 0.5) is 0 Å². The first-order valence-electron chi connectivity index (χ1n) is 5.04. The van der Waals surface area contributed by atoms with Crippen LogP contribution in [0.5, 0.6) is 0 Å². The minimum atomic E-state index is -0.673. The zero-order valence-electron chi connectivity index (χ0n) is 8.78. The SMILES string of the molecule is CCOC(=O)C(=O)C1CCCN(C)C1. The van der Waals surface area contributed by atoms with E-state index in [9.17, 15) is 9.59 Å². The maximum atomic E-state index is 11.5. The molecular weight excluding hydrogens is 182 g/mol. The number of ether oxygens (including phenoxy) is 1. The van der Waals surface area contributed by atoms with E-state index in [0.29, 0.717) is 6.54 Å². The van der Waals surface area contributed by atoms with E-state index >= 15 is 0 Å². The first-order chi connectivity index (χ1) is 6.65. The van der Waals surface area contributed by atoms with Gasteiger partial charge in [0.2, 0.25) is 5.78 Å². The van der Waals surface area contributed by atoms with Gasteiger partial charge in [-0.25, -0.2) is 4.79 Å². The average molecular weight is 199 g/mol. The molecule has 0 N–H and O–H groups in total. The van der Waals surface area contributed by atoms with E-state index in [1.54, 1.807) is 6.92 Å². The molecule has 0 aromatic carbocycles. The van der Waals surface area contributed by atoms with Crippen LogP contribution in [0.25, 0.3) is 0 Å². The molecule has 0 bridgehead atoms. The molecule has 0 spiro atoms. The molecular formula is C10H17NO3. The molecule has 1 heterocycles. The van der Waals surface area contributed by atoms with Gasteiger partial charge in [-0.3, -0.25) is 4.79 Å². The summed E-state index contributed by atoms with van der Waals surface area (Å²) in [4.78, 5) is 24.8. The molecule has 0 aliphatic carbocycles. The van der Waals surface area contributed by atoms with Gasteiger partial charge < -0.3 is 9.64 Å². The Balaban J connectivity index is 2.47. The van der Waals surface area contributed by atoms with Crippen LogP contribution in [0.3, 0.4) is 0 Å². The Kier molecular flexibility index (Phi) is 4.07. The van der Waals surface area contributed by atoms with Crippen LogP contribution in [0.15, 0.2) is 0 Å². The molecule has 80 valence electrons. The first kappa shape index (κ1) is 11.2. The van der Waals surface area contributed by atoms with Gasteiger partial charge in [0.25, 0.3) is 0 Å². The summed E-state index contributed by atoms with van der Waals surface area (Å²) in [7, 11) is 1.96. The Labute approximate surface area is 84.2 Å². The number of hydrogen-bond acceptors (Lipinski definition) is 4. The second kappa shape index (κ2) is 5.10. The lowest BCUT2D eigenvalue weighted by atomic mass is 9.94. The molecule has 1 saturated heterocycles. The van der Waals surface area contributed by atoms with Gasteiger partial charge in [0.05, 0.1) is 6.61 Å². The third-order valence-corrected chi connectivity index (χ3v) is 2.47. The van der Waals surface area contributed by atoms with Gasteiger partial charge in [-0.15, -0.1) is 0 Å². The summed E-state index contributed by atoms with van der Waals surface area (Å²) >= 11 is 0. The van der Waals surface area contributed by atoms with E-state index in [1.807, 2.05) is 7.05 Å². The Morgan fingerprint density at radius 3 is 2.79 bits per heavy atom. The third-order valence-electron chi connectivity index (χ3n) is 2.47. The lowest BCUT2D eigenvalue weighted by Crippen LogP contribution is -2.39. The molecule has 0 aromatic heterocycles. The number of likely N-dealkylation sites (tertiary alicyclic amines) is 1.